The van der Waals surface area contributed by atoms with Gasteiger partial charge in [0.1, 0.15) is 5.54 Å². The molecule has 2 aromatic carbocycles. The van der Waals surface area contributed by atoms with Gasteiger partial charge in [0, 0.05) is 4.90 Å². The molecule has 2 rings (SSSR count). The van der Waals surface area contributed by atoms with Gasteiger partial charge in [-0.3, -0.25) is 0 Å². The SMILES string of the molecule is CCC(N)(C#N)CCCSc1ccc2ccccc2c1. The van der Waals surface area contributed by atoms with Gasteiger partial charge in [-0.2, -0.15) is 5.26 Å². The summed E-state index contributed by atoms with van der Waals surface area (Å²) in [6.07, 6.45) is 2.44. The van der Waals surface area contributed by atoms with Crippen molar-refractivity contribution in [3.05, 3.63) is 42.5 Å². The van der Waals surface area contributed by atoms with Crippen molar-refractivity contribution >= 4 is 22.5 Å². The Balaban J connectivity index is 1.89. The summed E-state index contributed by atoms with van der Waals surface area (Å²) in [6, 6.07) is 17.1. The van der Waals surface area contributed by atoms with Crippen molar-refractivity contribution < 1.29 is 0 Å². The molecule has 0 aliphatic carbocycles. The highest BCUT2D eigenvalue weighted by atomic mass is 32.2. The predicted octanol–water partition coefficient (Wildman–Crippen LogP) is 4.34. The van der Waals surface area contributed by atoms with Crippen LogP contribution in [0.4, 0.5) is 0 Å². The lowest BCUT2D eigenvalue weighted by atomic mass is 9.94. The number of thioether (sulfide) groups is 1. The van der Waals surface area contributed by atoms with Crippen molar-refractivity contribution in [2.45, 2.75) is 36.6 Å². The van der Waals surface area contributed by atoms with E-state index in [4.69, 9.17) is 11.0 Å². The quantitative estimate of drug-likeness (QED) is 0.634. The van der Waals surface area contributed by atoms with Crippen molar-refractivity contribution in [2.75, 3.05) is 5.75 Å². The van der Waals surface area contributed by atoms with E-state index in [2.05, 4.69) is 48.5 Å². The molecule has 0 aliphatic heterocycles. The molecule has 0 aromatic heterocycles. The van der Waals surface area contributed by atoms with Gasteiger partial charge in [0.2, 0.25) is 0 Å². The van der Waals surface area contributed by atoms with Gasteiger partial charge in [-0.1, -0.05) is 37.3 Å². The molecule has 0 fully saturated rings. The number of fused-ring (bicyclic) bond motifs is 1. The lowest BCUT2D eigenvalue weighted by molar-refractivity contribution is 0.478. The van der Waals surface area contributed by atoms with Gasteiger partial charge in [-0.25, -0.2) is 0 Å². The van der Waals surface area contributed by atoms with Crippen LogP contribution in [-0.2, 0) is 0 Å². The molecule has 2 N–H and O–H groups in total. The fourth-order valence-electron chi connectivity index (χ4n) is 2.15. The van der Waals surface area contributed by atoms with E-state index < -0.39 is 5.54 Å². The highest BCUT2D eigenvalue weighted by Gasteiger charge is 2.20. The number of nitriles is 1. The zero-order valence-corrected chi connectivity index (χ0v) is 12.6. The number of benzene rings is 2. The molecule has 0 amide bonds. The van der Waals surface area contributed by atoms with Crippen LogP contribution in [-0.4, -0.2) is 11.3 Å². The van der Waals surface area contributed by atoms with E-state index in [0.29, 0.717) is 6.42 Å². The molecule has 2 nitrogen and oxygen atoms in total. The molecule has 0 spiro atoms. The van der Waals surface area contributed by atoms with Gasteiger partial charge >= 0.3 is 0 Å². The topological polar surface area (TPSA) is 49.8 Å². The van der Waals surface area contributed by atoms with Crippen LogP contribution in [0.3, 0.4) is 0 Å². The minimum Gasteiger partial charge on any atom is -0.313 e. The van der Waals surface area contributed by atoms with Gasteiger partial charge in [-0.05, 0) is 47.9 Å². The lowest BCUT2D eigenvalue weighted by Gasteiger charge is -2.18. The first kappa shape index (κ1) is 14.9. The maximum absolute atomic E-state index is 9.04. The first-order valence-electron chi connectivity index (χ1n) is 6.98. The largest absolute Gasteiger partial charge is 0.313 e. The maximum Gasteiger partial charge on any atom is 0.104 e. The molecule has 0 radical (unpaired) electrons. The summed E-state index contributed by atoms with van der Waals surface area (Å²) in [7, 11) is 0. The fraction of sp³-hybridized carbons (Fsp3) is 0.353. The third-order valence-corrected chi connectivity index (χ3v) is 4.69. The Kier molecular flexibility index (Phi) is 5.05. The van der Waals surface area contributed by atoms with Crippen molar-refractivity contribution in [3.63, 3.8) is 0 Å². The van der Waals surface area contributed by atoms with Gasteiger partial charge in [0.15, 0.2) is 0 Å². The number of nitrogens with zero attached hydrogens (tertiary/aromatic N) is 1. The second-order valence-electron chi connectivity index (χ2n) is 5.08. The summed E-state index contributed by atoms with van der Waals surface area (Å²) in [5.74, 6) is 0.999. The zero-order valence-electron chi connectivity index (χ0n) is 11.8. The molecule has 0 aliphatic rings. The Morgan fingerprint density at radius 3 is 2.65 bits per heavy atom. The number of hydrogen-bond acceptors (Lipinski definition) is 3. The molecule has 3 heteroatoms. The lowest BCUT2D eigenvalue weighted by Crippen LogP contribution is -2.37. The Labute approximate surface area is 125 Å². The minimum absolute atomic E-state index is 0.649. The van der Waals surface area contributed by atoms with Crippen LogP contribution >= 0.6 is 11.8 Å². The average Bonchev–Trinajstić information content (AvgIpc) is 2.51. The average molecular weight is 284 g/mol. The molecule has 0 heterocycles. The number of nitrogens with two attached hydrogens (primary N) is 1. The first-order chi connectivity index (χ1) is 9.67. The standard InChI is InChI=1S/C17H20N2S/c1-2-17(19,13-18)10-5-11-20-16-9-8-14-6-3-4-7-15(14)12-16/h3-4,6-9,12H,2,5,10-11,19H2,1H3. The summed E-state index contributed by atoms with van der Waals surface area (Å²) in [4.78, 5) is 1.28. The molecule has 0 bridgehead atoms. The molecule has 0 saturated carbocycles. The van der Waals surface area contributed by atoms with Crippen LogP contribution in [0.2, 0.25) is 0 Å². The fourth-order valence-corrected chi connectivity index (χ4v) is 3.05. The van der Waals surface area contributed by atoms with Crippen molar-refractivity contribution in [2.24, 2.45) is 5.73 Å². The third kappa shape index (κ3) is 3.75. The van der Waals surface area contributed by atoms with Gasteiger partial charge in [0.05, 0.1) is 6.07 Å². The van der Waals surface area contributed by atoms with Crippen LogP contribution in [0.1, 0.15) is 26.2 Å². The molecule has 2 aromatic rings. The van der Waals surface area contributed by atoms with E-state index in [9.17, 15) is 0 Å². The van der Waals surface area contributed by atoms with E-state index in [1.165, 1.54) is 15.7 Å². The molecular weight excluding hydrogens is 264 g/mol. The summed E-state index contributed by atoms with van der Waals surface area (Å²) in [6.45, 7) is 1.97. The van der Waals surface area contributed by atoms with Gasteiger partial charge in [-0.15, -0.1) is 11.8 Å². The number of rotatable bonds is 6. The zero-order chi connectivity index (χ0) is 14.4. The van der Waals surface area contributed by atoms with Crippen LogP contribution in [0, 0.1) is 11.3 Å². The summed E-state index contributed by atoms with van der Waals surface area (Å²) in [5, 5.41) is 11.6. The van der Waals surface area contributed by atoms with Gasteiger partial charge in [0.25, 0.3) is 0 Å². The first-order valence-corrected chi connectivity index (χ1v) is 7.97. The van der Waals surface area contributed by atoms with Crippen molar-refractivity contribution in [1.82, 2.24) is 0 Å². The van der Waals surface area contributed by atoms with Crippen LogP contribution < -0.4 is 5.73 Å². The van der Waals surface area contributed by atoms with E-state index in [1.54, 1.807) is 0 Å². The Hall–Kier alpha value is -1.50. The van der Waals surface area contributed by atoms with E-state index in [1.807, 2.05) is 18.7 Å². The van der Waals surface area contributed by atoms with Crippen LogP contribution in [0.25, 0.3) is 10.8 Å². The van der Waals surface area contributed by atoms with E-state index >= 15 is 0 Å². The third-order valence-electron chi connectivity index (χ3n) is 3.61. The molecular formula is C17H20N2S. The highest BCUT2D eigenvalue weighted by molar-refractivity contribution is 7.99. The van der Waals surface area contributed by atoms with Crippen molar-refractivity contribution in [1.29, 1.82) is 5.26 Å². The molecule has 0 saturated heterocycles. The summed E-state index contributed by atoms with van der Waals surface area (Å²) < 4.78 is 0. The van der Waals surface area contributed by atoms with Gasteiger partial charge < -0.3 is 5.73 Å². The smallest absolute Gasteiger partial charge is 0.104 e. The van der Waals surface area contributed by atoms with E-state index in [0.717, 1.165) is 18.6 Å². The van der Waals surface area contributed by atoms with Crippen molar-refractivity contribution in [3.8, 4) is 6.07 Å². The Morgan fingerprint density at radius 2 is 1.95 bits per heavy atom. The normalized spacial score (nSPS) is 13.8. The molecule has 1 unspecified atom stereocenters. The second-order valence-corrected chi connectivity index (χ2v) is 6.25. The van der Waals surface area contributed by atoms with Crippen LogP contribution in [0.5, 0.6) is 0 Å². The Bertz CT molecular complexity index is 618. The van der Waals surface area contributed by atoms with E-state index in [-0.39, 0.29) is 0 Å². The summed E-state index contributed by atoms with van der Waals surface area (Å²) >= 11 is 1.83. The van der Waals surface area contributed by atoms with Crippen LogP contribution in [0.15, 0.2) is 47.4 Å². The summed E-state index contributed by atoms with van der Waals surface area (Å²) in [5.41, 5.74) is 5.33. The second kappa shape index (κ2) is 6.78. The maximum atomic E-state index is 9.04. The monoisotopic (exact) mass is 284 g/mol. The molecule has 104 valence electrons. The highest BCUT2D eigenvalue weighted by Crippen LogP contribution is 2.25. The Morgan fingerprint density at radius 1 is 1.20 bits per heavy atom. The minimum atomic E-state index is -0.649. The predicted molar refractivity (Wildman–Crippen MR) is 86.7 cm³/mol. The molecule has 1 atom stereocenters. The molecule has 20 heavy (non-hydrogen) atoms. The number of hydrogen-bond donors (Lipinski definition) is 1.